The van der Waals surface area contributed by atoms with Crippen LogP contribution in [0.5, 0.6) is 11.5 Å². The number of carbonyl (C=O) groups is 2. The largest absolute Gasteiger partial charge is 0.486 e. The quantitative estimate of drug-likeness (QED) is 0.306. The van der Waals surface area contributed by atoms with Crippen molar-refractivity contribution in [1.82, 2.24) is 5.32 Å². The van der Waals surface area contributed by atoms with Gasteiger partial charge < -0.3 is 19.5 Å². The Morgan fingerprint density at radius 2 is 1.93 bits per heavy atom. The summed E-state index contributed by atoms with van der Waals surface area (Å²) in [7, 11) is 0. The Bertz CT molecular complexity index is 972. The lowest BCUT2D eigenvalue weighted by molar-refractivity contribution is -0.384. The first-order chi connectivity index (χ1) is 14.5. The SMILES string of the molecule is O=C(COC(=O)/C=C/c1cccc([N+](=O)[O-])c1)NCCc1ccc2c(c1)OCCO2. The van der Waals surface area contributed by atoms with Crippen molar-refractivity contribution in [3.8, 4) is 11.5 Å². The second kappa shape index (κ2) is 10.1. The third kappa shape index (κ3) is 6.06. The molecule has 1 amide bonds. The molecule has 9 nitrogen and oxygen atoms in total. The summed E-state index contributed by atoms with van der Waals surface area (Å²) in [5.41, 5.74) is 1.38. The summed E-state index contributed by atoms with van der Waals surface area (Å²) >= 11 is 0. The lowest BCUT2D eigenvalue weighted by atomic mass is 10.1. The minimum absolute atomic E-state index is 0.0806. The molecule has 0 saturated heterocycles. The number of rotatable bonds is 8. The number of nitro benzene ring substituents is 1. The number of carbonyl (C=O) groups excluding carboxylic acids is 2. The van der Waals surface area contributed by atoms with Crippen LogP contribution in [0.25, 0.3) is 6.08 Å². The molecule has 0 aromatic heterocycles. The van der Waals surface area contributed by atoms with Gasteiger partial charge >= 0.3 is 5.97 Å². The van der Waals surface area contributed by atoms with Crippen LogP contribution in [0.2, 0.25) is 0 Å². The zero-order valence-corrected chi connectivity index (χ0v) is 16.0. The van der Waals surface area contributed by atoms with E-state index in [1.807, 2.05) is 18.2 Å². The maximum absolute atomic E-state index is 11.8. The van der Waals surface area contributed by atoms with E-state index in [2.05, 4.69) is 5.32 Å². The number of non-ortho nitro benzene ring substituents is 1. The molecular weight excluding hydrogens is 392 g/mol. The van der Waals surface area contributed by atoms with E-state index in [0.29, 0.717) is 43.2 Å². The lowest BCUT2D eigenvalue weighted by Gasteiger charge is -2.18. The van der Waals surface area contributed by atoms with E-state index in [1.54, 1.807) is 6.07 Å². The van der Waals surface area contributed by atoms with Gasteiger partial charge in [0, 0.05) is 24.8 Å². The van der Waals surface area contributed by atoms with Crippen molar-refractivity contribution in [1.29, 1.82) is 0 Å². The smallest absolute Gasteiger partial charge is 0.331 e. The highest BCUT2D eigenvalue weighted by Crippen LogP contribution is 2.30. The van der Waals surface area contributed by atoms with Crippen LogP contribution in [0.1, 0.15) is 11.1 Å². The molecule has 0 saturated carbocycles. The van der Waals surface area contributed by atoms with Gasteiger partial charge in [0.05, 0.1) is 4.92 Å². The fourth-order valence-electron chi connectivity index (χ4n) is 2.73. The number of ether oxygens (including phenoxy) is 3. The molecule has 0 atom stereocenters. The molecule has 0 unspecified atom stereocenters. The zero-order chi connectivity index (χ0) is 21.3. The van der Waals surface area contributed by atoms with Crippen molar-refractivity contribution in [3.05, 3.63) is 69.8 Å². The molecule has 1 aliphatic heterocycles. The number of nitrogens with zero attached hydrogens (tertiary/aromatic N) is 1. The molecule has 0 bridgehead atoms. The molecule has 2 aromatic carbocycles. The van der Waals surface area contributed by atoms with E-state index < -0.39 is 23.4 Å². The van der Waals surface area contributed by atoms with Crippen LogP contribution in [-0.4, -0.2) is 43.2 Å². The highest BCUT2D eigenvalue weighted by atomic mass is 16.6. The predicted octanol–water partition coefficient (Wildman–Crippen LogP) is 2.28. The highest BCUT2D eigenvalue weighted by Gasteiger charge is 2.12. The summed E-state index contributed by atoms with van der Waals surface area (Å²) < 4.78 is 15.9. The van der Waals surface area contributed by atoms with Crippen LogP contribution in [0, 0.1) is 10.1 Å². The van der Waals surface area contributed by atoms with Crippen LogP contribution in [0.15, 0.2) is 48.5 Å². The van der Waals surface area contributed by atoms with Crippen molar-refractivity contribution in [2.24, 2.45) is 0 Å². The van der Waals surface area contributed by atoms with Crippen molar-refractivity contribution in [2.75, 3.05) is 26.4 Å². The van der Waals surface area contributed by atoms with Gasteiger partial charge in [0.25, 0.3) is 11.6 Å². The molecule has 30 heavy (non-hydrogen) atoms. The Morgan fingerprint density at radius 1 is 1.13 bits per heavy atom. The van der Waals surface area contributed by atoms with Crippen molar-refractivity contribution in [2.45, 2.75) is 6.42 Å². The van der Waals surface area contributed by atoms with Gasteiger partial charge in [0.1, 0.15) is 13.2 Å². The van der Waals surface area contributed by atoms with Crippen LogP contribution in [0.4, 0.5) is 5.69 Å². The van der Waals surface area contributed by atoms with Gasteiger partial charge in [-0.15, -0.1) is 0 Å². The number of esters is 1. The van der Waals surface area contributed by atoms with E-state index >= 15 is 0 Å². The van der Waals surface area contributed by atoms with Crippen LogP contribution in [-0.2, 0) is 20.7 Å². The van der Waals surface area contributed by atoms with E-state index in [0.717, 1.165) is 11.6 Å². The van der Waals surface area contributed by atoms with Gasteiger partial charge in [0.2, 0.25) is 0 Å². The lowest BCUT2D eigenvalue weighted by Crippen LogP contribution is -2.30. The Morgan fingerprint density at radius 3 is 2.73 bits per heavy atom. The third-order valence-corrected chi connectivity index (χ3v) is 4.18. The van der Waals surface area contributed by atoms with E-state index in [9.17, 15) is 19.7 Å². The first-order valence-electron chi connectivity index (χ1n) is 9.26. The molecule has 2 aromatic rings. The normalized spacial score (nSPS) is 12.4. The molecule has 0 radical (unpaired) electrons. The van der Waals surface area contributed by atoms with Crippen molar-refractivity contribution in [3.63, 3.8) is 0 Å². The van der Waals surface area contributed by atoms with Crippen molar-refractivity contribution < 1.29 is 28.7 Å². The highest BCUT2D eigenvalue weighted by molar-refractivity contribution is 5.89. The zero-order valence-electron chi connectivity index (χ0n) is 16.0. The standard InChI is InChI=1S/C21H20N2O7/c24-20(22-9-8-16-4-6-18-19(13-16)29-11-10-28-18)14-30-21(25)7-5-15-2-1-3-17(12-15)23(26)27/h1-7,12-13H,8-11,14H2,(H,22,24)/b7-5+. The summed E-state index contributed by atoms with van der Waals surface area (Å²) in [6, 6.07) is 11.4. The number of nitrogens with one attached hydrogen (secondary N) is 1. The first-order valence-corrected chi connectivity index (χ1v) is 9.26. The Balaban J connectivity index is 1.38. The average molecular weight is 412 g/mol. The Labute approximate surface area is 172 Å². The monoisotopic (exact) mass is 412 g/mol. The number of hydrogen-bond donors (Lipinski definition) is 1. The fraction of sp³-hybridized carbons (Fsp3) is 0.238. The number of hydrogen-bond acceptors (Lipinski definition) is 7. The molecule has 1 aliphatic rings. The van der Waals surface area contributed by atoms with Crippen LogP contribution in [0.3, 0.4) is 0 Å². The van der Waals surface area contributed by atoms with Crippen LogP contribution < -0.4 is 14.8 Å². The first kappa shape index (κ1) is 20.8. The number of benzene rings is 2. The molecular formula is C21H20N2O7. The molecule has 0 spiro atoms. The predicted molar refractivity (Wildman–Crippen MR) is 107 cm³/mol. The summed E-state index contributed by atoms with van der Waals surface area (Å²) in [5, 5.41) is 13.4. The average Bonchev–Trinajstić information content (AvgIpc) is 2.76. The molecule has 9 heteroatoms. The third-order valence-electron chi connectivity index (χ3n) is 4.18. The van der Waals surface area contributed by atoms with Gasteiger partial charge in [-0.25, -0.2) is 4.79 Å². The van der Waals surface area contributed by atoms with Gasteiger partial charge in [-0.1, -0.05) is 18.2 Å². The number of amides is 1. The molecule has 3 rings (SSSR count). The second-order valence-corrected chi connectivity index (χ2v) is 6.37. The molecule has 1 N–H and O–H groups in total. The van der Waals surface area contributed by atoms with Gasteiger partial charge in [0.15, 0.2) is 18.1 Å². The van der Waals surface area contributed by atoms with Gasteiger partial charge in [-0.05, 0) is 35.8 Å². The molecule has 0 fully saturated rings. The summed E-state index contributed by atoms with van der Waals surface area (Å²) in [6.45, 7) is 0.995. The van der Waals surface area contributed by atoms with Crippen LogP contribution >= 0.6 is 0 Å². The summed E-state index contributed by atoms with van der Waals surface area (Å²) in [5.74, 6) is 0.252. The summed E-state index contributed by atoms with van der Waals surface area (Å²) in [6.07, 6.45) is 3.08. The fourth-order valence-corrected chi connectivity index (χ4v) is 2.73. The Hall–Kier alpha value is -3.88. The second-order valence-electron chi connectivity index (χ2n) is 6.37. The molecule has 0 aliphatic carbocycles. The molecule has 156 valence electrons. The van der Waals surface area contributed by atoms with E-state index in [-0.39, 0.29) is 5.69 Å². The maximum Gasteiger partial charge on any atom is 0.331 e. The van der Waals surface area contributed by atoms with Gasteiger partial charge in [-0.3, -0.25) is 14.9 Å². The van der Waals surface area contributed by atoms with Crippen molar-refractivity contribution >= 4 is 23.6 Å². The van der Waals surface area contributed by atoms with Gasteiger partial charge in [-0.2, -0.15) is 0 Å². The van der Waals surface area contributed by atoms with E-state index in [4.69, 9.17) is 14.2 Å². The minimum atomic E-state index is -0.719. The van der Waals surface area contributed by atoms with E-state index in [1.165, 1.54) is 24.3 Å². The number of nitro groups is 1. The topological polar surface area (TPSA) is 117 Å². The summed E-state index contributed by atoms with van der Waals surface area (Å²) in [4.78, 5) is 33.8. The Kier molecular flexibility index (Phi) is 6.99. The minimum Gasteiger partial charge on any atom is -0.486 e. The number of fused-ring (bicyclic) bond motifs is 1. The maximum atomic E-state index is 11.8. The molecule has 1 heterocycles.